The number of thiophene rings is 1. The predicted molar refractivity (Wildman–Crippen MR) is 70.8 cm³/mol. The van der Waals surface area contributed by atoms with Gasteiger partial charge in [0.1, 0.15) is 5.54 Å². The Bertz CT molecular complexity index is 440. The monoisotopic (exact) mass is 270 g/mol. The number of hydrogen-bond acceptors (Lipinski definition) is 3. The molecule has 1 rings (SSSR count). The third-order valence-electron chi connectivity index (χ3n) is 2.45. The Morgan fingerprint density at radius 1 is 1.33 bits per heavy atom. The molecule has 0 saturated carbocycles. The highest BCUT2D eigenvalue weighted by molar-refractivity contribution is 7.11. The van der Waals surface area contributed by atoms with Gasteiger partial charge < -0.3 is 15.7 Å². The van der Waals surface area contributed by atoms with Gasteiger partial charge in [0.15, 0.2) is 0 Å². The zero-order chi connectivity index (χ0) is 13.8. The van der Waals surface area contributed by atoms with Gasteiger partial charge in [-0.05, 0) is 32.4 Å². The second kappa shape index (κ2) is 5.86. The molecule has 100 valence electrons. The van der Waals surface area contributed by atoms with E-state index in [0.717, 1.165) is 11.3 Å². The van der Waals surface area contributed by atoms with Gasteiger partial charge in [0.2, 0.25) is 0 Å². The Kier molecular flexibility index (Phi) is 4.72. The van der Waals surface area contributed by atoms with E-state index in [9.17, 15) is 9.59 Å². The zero-order valence-electron chi connectivity index (χ0n) is 10.7. The van der Waals surface area contributed by atoms with Crippen molar-refractivity contribution >= 4 is 23.3 Å². The number of rotatable bonds is 5. The molecule has 0 fully saturated rings. The fourth-order valence-electron chi connectivity index (χ4n) is 1.26. The molecule has 0 unspecified atom stereocenters. The minimum Gasteiger partial charge on any atom is -0.480 e. The fourth-order valence-corrected chi connectivity index (χ4v) is 2.15. The highest BCUT2D eigenvalue weighted by Gasteiger charge is 2.28. The van der Waals surface area contributed by atoms with Crippen molar-refractivity contribution in [3.63, 3.8) is 0 Å². The van der Waals surface area contributed by atoms with Crippen molar-refractivity contribution in [2.24, 2.45) is 0 Å². The van der Waals surface area contributed by atoms with Crippen molar-refractivity contribution in [3.8, 4) is 0 Å². The Hall–Kier alpha value is -1.56. The smallest absolute Gasteiger partial charge is 0.328 e. The summed E-state index contributed by atoms with van der Waals surface area (Å²) in [4.78, 5) is 24.7. The summed E-state index contributed by atoms with van der Waals surface area (Å²) in [5, 5.41) is 13.9. The summed E-state index contributed by atoms with van der Waals surface area (Å²) < 4.78 is 0. The number of hydrogen-bond donors (Lipinski definition) is 3. The van der Waals surface area contributed by atoms with E-state index >= 15 is 0 Å². The Morgan fingerprint density at radius 2 is 1.94 bits per heavy atom. The Morgan fingerprint density at radius 3 is 2.44 bits per heavy atom. The Balaban J connectivity index is 2.44. The van der Waals surface area contributed by atoms with Gasteiger partial charge in [-0.15, -0.1) is 11.3 Å². The highest BCUT2D eigenvalue weighted by atomic mass is 32.1. The van der Waals surface area contributed by atoms with Gasteiger partial charge in [0.05, 0.1) is 6.54 Å². The lowest BCUT2D eigenvalue weighted by Crippen LogP contribution is -2.52. The maximum atomic E-state index is 11.5. The van der Waals surface area contributed by atoms with E-state index < -0.39 is 17.5 Å². The van der Waals surface area contributed by atoms with E-state index in [4.69, 9.17) is 5.11 Å². The Labute approximate surface area is 110 Å². The molecule has 0 bridgehead atoms. The molecule has 0 radical (unpaired) electrons. The average Bonchev–Trinajstić information content (AvgIpc) is 2.73. The number of aliphatic carboxylic acids is 1. The number of urea groups is 1. The van der Waals surface area contributed by atoms with Crippen molar-refractivity contribution in [1.82, 2.24) is 10.6 Å². The van der Waals surface area contributed by atoms with Crippen LogP contribution in [-0.2, 0) is 17.8 Å². The van der Waals surface area contributed by atoms with Gasteiger partial charge in [-0.1, -0.05) is 6.92 Å². The first-order valence-electron chi connectivity index (χ1n) is 5.72. The third-order valence-corrected chi connectivity index (χ3v) is 3.68. The lowest BCUT2D eigenvalue weighted by atomic mass is 10.1. The van der Waals surface area contributed by atoms with E-state index in [2.05, 4.69) is 17.6 Å². The molecule has 0 spiro atoms. The number of carboxylic acids is 1. The number of nitrogens with one attached hydrogen (secondary N) is 2. The molecule has 0 aromatic carbocycles. The van der Waals surface area contributed by atoms with Crippen LogP contribution >= 0.6 is 11.3 Å². The molecule has 0 saturated heterocycles. The van der Waals surface area contributed by atoms with E-state index in [-0.39, 0.29) is 0 Å². The molecular formula is C12H18N2O3S. The summed E-state index contributed by atoms with van der Waals surface area (Å²) in [6, 6.07) is 3.52. The van der Waals surface area contributed by atoms with E-state index in [1.165, 1.54) is 18.7 Å². The van der Waals surface area contributed by atoms with Crippen molar-refractivity contribution in [3.05, 3.63) is 21.9 Å². The maximum Gasteiger partial charge on any atom is 0.328 e. The minimum atomic E-state index is -1.27. The first-order valence-corrected chi connectivity index (χ1v) is 6.54. The average molecular weight is 270 g/mol. The number of carbonyl (C=O) groups is 2. The normalized spacial score (nSPS) is 11.1. The lowest BCUT2D eigenvalue weighted by molar-refractivity contribution is -0.142. The molecule has 6 heteroatoms. The molecule has 1 aromatic rings. The zero-order valence-corrected chi connectivity index (χ0v) is 11.6. The van der Waals surface area contributed by atoms with Crippen LogP contribution in [0, 0.1) is 0 Å². The molecular weight excluding hydrogens is 252 g/mol. The van der Waals surface area contributed by atoms with Crippen LogP contribution in [0.2, 0.25) is 0 Å². The first-order chi connectivity index (χ1) is 8.35. The molecule has 1 heterocycles. The summed E-state index contributed by atoms with van der Waals surface area (Å²) in [6.45, 7) is 5.36. The van der Waals surface area contributed by atoms with Crippen molar-refractivity contribution in [2.45, 2.75) is 39.3 Å². The molecule has 1 aromatic heterocycles. The molecule has 0 aliphatic heterocycles. The van der Waals surface area contributed by atoms with Crippen molar-refractivity contribution in [1.29, 1.82) is 0 Å². The highest BCUT2D eigenvalue weighted by Crippen LogP contribution is 2.16. The number of aryl methyl sites for hydroxylation is 1. The molecule has 0 atom stereocenters. The van der Waals surface area contributed by atoms with Crippen LogP contribution in [0.4, 0.5) is 4.79 Å². The lowest BCUT2D eigenvalue weighted by Gasteiger charge is -2.21. The van der Waals surface area contributed by atoms with Gasteiger partial charge in [0, 0.05) is 9.75 Å². The second-order valence-electron chi connectivity index (χ2n) is 4.46. The topological polar surface area (TPSA) is 78.4 Å². The fraction of sp³-hybridized carbons (Fsp3) is 0.500. The van der Waals surface area contributed by atoms with Crippen molar-refractivity contribution in [2.75, 3.05) is 0 Å². The number of carboxylic acid groups (broad SMARTS) is 1. The standard InChI is InChI=1S/C12H18N2O3S/c1-4-8-5-6-9(18-8)7-13-11(17)14-12(2,3)10(15)16/h5-6H,4,7H2,1-3H3,(H,15,16)(H2,13,14,17). The molecule has 18 heavy (non-hydrogen) atoms. The van der Waals surface area contributed by atoms with Gasteiger partial charge in [-0.3, -0.25) is 0 Å². The summed E-state index contributed by atoms with van der Waals surface area (Å²) >= 11 is 1.64. The number of carbonyl (C=O) groups excluding carboxylic acids is 1. The van der Waals surface area contributed by atoms with E-state index in [1.807, 2.05) is 12.1 Å². The summed E-state index contributed by atoms with van der Waals surface area (Å²) in [7, 11) is 0. The summed E-state index contributed by atoms with van der Waals surface area (Å²) in [5.41, 5.74) is -1.27. The van der Waals surface area contributed by atoms with Crippen molar-refractivity contribution < 1.29 is 14.7 Å². The maximum absolute atomic E-state index is 11.5. The van der Waals surface area contributed by atoms with Crippen LogP contribution in [0.3, 0.4) is 0 Å². The van der Waals surface area contributed by atoms with Crippen LogP contribution in [-0.4, -0.2) is 22.6 Å². The van der Waals surface area contributed by atoms with Crippen LogP contribution in [0.5, 0.6) is 0 Å². The predicted octanol–water partition coefficient (Wildman–Crippen LogP) is 1.97. The molecule has 2 amide bonds. The first kappa shape index (κ1) is 14.5. The summed E-state index contributed by atoms with van der Waals surface area (Å²) in [5.74, 6) is -1.07. The van der Waals surface area contributed by atoms with Gasteiger partial charge in [-0.2, -0.15) is 0 Å². The van der Waals surface area contributed by atoms with E-state index in [1.54, 1.807) is 11.3 Å². The summed E-state index contributed by atoms with van der Waals surface area (Å²) in [6.07, 6.45) is 0.975. The second-order valence-corrected chi connectivity index (χ2v) is 5.71. The van der Waals surface area contributed by atoms with Crippen LogP contribution in [0.15, 0.2) is 12.1 Å². The quantitative estimate of drug-likeness (QED) is 0.765. The molecule has 0 aliphatic rings. The molecule has 5 nitrogen and oxygen atoms in total. The largest absolute Gasteiger partial charge is 0.480 e. The van der Waals surface area contributed by atoms with E-state index in [0.29, 0.717) is 6.54 Å². The van der Waals surface area contributed by atoms with Crippen LogP contribution in [0.25, 0.3) is 0 Å². The number of amides is 2. The molecule has 0 aliphatic carbocycles. The molecule has 3 N–H and O–H groups in total. The SMILES string of the molecule is CCc1ccc(CNC(=O)NC(C)(C)C(=O)O)s1. The van der Waals surface area contributed by atoms with Gasteiger partial charge in [-0.25, -0.2) is 9.59 Å². The van der Waals surface area contributed by atoms with Gasteiger partial charge >= 0.3 is 12.0 Å². The van der Waals surface area contributed by atoms with Crippen LogP contribution in [0.1, 0.15) is 30.5 Å². The third kappa shape index (κ3) is 4.03. The van der Waals surface area contributed by atoms with Crippen LogP contribution < -0.4 is 10.6 Å². The van der Waals surface area contributed by atoms with Gasteiger partial charge in [0.25, 0.3) is 0 Å². The minimum absolute atomic E-state index is 0.409.